The van der Waals surface area contributed by atoms with Crippen molar-refractivity contribution in [1.82, 2.24) is 15.1 Å². The molecule has 0 saturated heterocycles. The van der Waals surface area contributed by atoms with Crippen LogP contribution in [0.4, 0.5) is 0 Å². The molecular formula is C20H21N3O. The van der Waals surface area contributed by atoms with E-state index >= 15 is 0 Å². The minimum absolute atomic E-state index is 0.848. The summed E-state index contributed by atoms with van der Waals surface area (Å²) in [5, 5.41) is 7.70. The van der Waals surface area contributed by atoms with Gasteiger partial charge in [-0.1, -0.05) is 36.4 Å². The Morgan fingerprint density at radius 1 is 1.17 bits per heavy atom. The lowest BCUT2D eigenvalue weighted by Gasteiger charge is -2.25. The molecule has 1 aromatic carbocycles. The van der Waals surface area contributed by atoms with Crippen LogP contribution < -0.4 is 0 Å². The van der Waals surface area contributed by atoms with Gasteiger partial charge in [-0.25, -0.2) is 0 Å². The molecule has 3 heterocycles. The van der Waals surface area contributed by atoms with Gasteiger partial charge in [0.15, 0.2) is 0 Å². The fourth-order valence-electron chi connectivity index (χ4n) is 3.18. The molecule has 0 unspecified atom stereocenters. The number of aromatic nitrogens is 2. The number of nitrogens with one attached hydrogen (secondary N) is 1. The molecule has 0 bridgehead atoms. The Morgan fingerprint density at radius 2 is 2.04 bits per heavy atom. The predicted molar refractivity (Wildman–Crippen MR) is 95.2 cm³/mol. The van der Waals surface area contributed by atoms with Crippen molar-refractivity contribution in [3.8, 4) is 0 Å². The van der Waals surface area contributed by atoms with Crippen molar-refractivity contribution in [3.05, 3.63) is 76.5 Å². The summed E-state index contributed by atoms with van der Waals surface area (Å²) in [5.41, 5.74) is 4.79. The lowest BCUT2D eigenvalue weighted by Crippen LogP contribution is -2.29. The average Bonchev–Trinajstić information content (AvgIpc) is 3.20. The van der Waals surface area contributed by atoms with Gasteiger partial charge in [-0.05, 0) is 30.7 Å². The monoisotopic (exact) mass is 319 g/mol. The summed E-state index contributed by atoms with van der Waals surface area (Å²) in [6.07, 6.45) is 5.22. The zero-order chi connectivity index (χ0) is 16.4. The molecule has 0 spiro atoms. The number of aryl methyl sites for hydroxylation is 1. The molecule has 4 rings (SSSR count). The van der Waals surface area contributed by atoms with Crippen molar-refractivity contribution in [3.63, 3.8) is 0 Å². The molecule has 24 heavy (non-hydrogen) atoms. The Hall–Kier alpha value is -2.59. The first-order chi connectivity index (χ1) is 11.8. The lowest BCUT2D eigenvalue weighted by atomic mass is 10.0. The fraction of sp³-hybridized carbons (Fsp3) is 0.250. The van der Waals surface area contributed by atoms with E-state index in [4.69, 9.17) is 4.42 Å². The first-order valence-corrected chi connectivity index (χ1v) is 8.35. The van der Waals surface area contributed by atoms with Crippen LogP contribution in [0, 0.1) is 6.92 Å². The number of benzene rings is 1. The summed E-state index contributed by atoms with van der Waals surface area (Å²) in [5.74, 6) is 2.00. The Labute approximate surface area is 141 Å². The van der Waals surface area contributed by atoms with Crippen molar-refractivity contribution >= 4 is 12.2 Å². The third-order valence-corrected chi connectivity index (χ3v) is 4.45. The van der Waals surface area contributed by atoms with E-state index in [1.54, 1.807) is 0 Å². The topological polar surface area (TPSA) is 45.1 Å². The summed E-state index contributed by atoms with van der Waals surface area (Å²) in [4.78, 5) is 2.41. The van der Waals surface area contributed by atoms with Crippen molar-refractivity contribution < 1.29 is 4.42 Å². The van der Waals surface area contributed by atoms with Crippen LogP contribution in [0.15, 0.2) is 46.9 Å². The second-order valence-electron chi connectivity index (χ2n) is 6.28. The molecule has 0 fully saturated rings. The number of hydrogen-bond donors (Lipinski definition) is 1. The van der Waals surface area contributed by atoms with Gasteiger partial charge < -0.3 is 4.42 Å². The van der Waals surface area contributed by atoms with Crippen LogP contribution in [-0.2, 0) is 19.5 Å². The van der Waals surface area contributed by atoms with E-state index in [1.807, 2.05) is 31.2 Å². The van der Waals surface area contributed by atoms with E-state index in [1.165, 1.54) is 16.8 Å². The van der Waals surface area contributed by atoms with Crippen LogP contribution in [0.25, 0.3) is 12.2 Å². The molecule has 3 aromatic rings. The van der Waals surface area contributed by atoms with E-state index in [-0.39, 0.29) is 0 Å². The molecule has 4 nitrogen and oxygen atoms in total. The number of aromatic amines is 1. The number of furan rings is 1. The van der Waals surface area contributed by atoms with Crippen LogP contribution in [0.3, 0.4) is 0 Å². The maximum atomic E-state index is 5.71. The third kappa shape index (κ3) is 3.19. The highest BCUT2D eigenvalue weighted by Gasteiger charge is 2.21. The number of H-pyrrole nitrogens is 1. The summed E-state index contributed by atoms with van der Waals surface area (Å²) in [6, 6.07) is 14.4. The van der Waals surface area contributed by atoms with Crippen molar-refractivity contribution in [1.29, 1.82) is 0 Å². The molecule has 122 valence electrons. The zero-order valence-corrected chi connectivity index (χ0v) is 13.8. The van der Waals surface area contributed by atoms with E-state index in [0.717, 1.165) is 43.3 Å². The molecule has 1 aliphatic heterocycles. The zero-order valence-electron chi connectivity index (χ0n) is 13.8. The summed E-state index contributed by atoms with van der Waals surface area (Å²) in [6.45, 7) is 4.76. The molecule has 0 saturated carbocycles. The quantitative estimate of drug-likeness (QED) is 0.789. The van der Waals surface area contributed by atoms with Gasteiger partial charge in [-0.2, -0.15) is 5.10 Å². The Balaban J connectivity index is 1.50. The highest BCUT2D eigenvalue weighted by molar-refractivity contribution is 5.69. The van der Waals surface area contributed by atoms with Gasteiger partial charge in [0.05, 0.1) is 12.2 Å². The van der Waals surface area contributed by atoms with Gasteiger partial charge in [0, 0.05) is 30.8 Å². The maximum Gasteiger partial charge on any atom is 0.118 e. The van der Waals surface area contributed by atoms with Gasteiger partial charge in [-0.15, -0.1) is 0 Å². The summed E-state index contributed by atoms with van der Waals surface area (Å²) < 4.78 is 5.71. The minimum atomic E-state index is 0.848. The lowest BCUT2D eigenvalue weighted by molar-refractivity contribution is 0.223. The van der Waals surface area contributed by atoms with Gasteiger partial charge in [0.2, 0.25) is 0 Å². The molecule has 0 amide bonds. The Kier molecular flexibility index (Phi) is 4.05. The highest BCUT2D eigenvalue weighted by Crippen LogP contribution is 2.23. The fourth-order valence-corrected chi connectivity index (χ4v) is 3.18. The van der Waals surface area contributed by atoms with Gasteiger partial charge in [0.25, 0.3) is 0 Å². The second kappa shape index (κ2) is 6.49. The smallest absolute Gasteiger partial charge is 0.118 e. The molecule has 1 aliphatic rings. The number of fused-ring (bicyclic) bond motifs is 1. The van der Waals surface area contributed by atoms with Crippen LogP contribution in [-0.4, -0.2) is 21.6 Å². The normalized spacial score (nSPS) is 15.0. The van der Waals surface area contributed by atoms with Gasteiger partial charge >= 0.3 is 0 Å². The maximum absolute atomic E-state index is 5.71. The molecule has 1 N–H and O–H groups in total. The average molecular weight is 319 g/mol. The van der Waals surface area contributed by atoms with Crippen LogP contribution in [0.1, 0.15) is 34.0 Å². The number of rotatable bonds is 4. The highest BCUT2D eigenvalue weighted by atomic mass is 16.3. The van der Waals surface area contributed by atoms with Gasteiger partial charge in [0.1, 0.15) is 11.5 Å². The molecule has 4 heteroatoms. The third-order valence-electron chi connectivity index (χ3n) is 4.45. The van der Waals surface area contributed by atoms with Gasteiger partial charge in [-0.3, -0.25) is 10.00 Å². The molecule has 0 aliphatic carbocycles. The minimum Gasteiger partial charge on any atom is -0.465 e. The van der Waals surface area contributed by atoms with Crippen molar-refractivity contribution in [2.45, 2.75) is 26.4 Å². The second-order valence-corrected chi connectivity index (χ2v) is 6.28. The van der Waals surface area contributed by atoms with Crippen LogP contribution in [0.2, 0.25) is 0 Å². The van der Waals surface area contributed by atoms with Crippen molar-refractivity contribution in [2.24, 2.45) is 0 Å². The largest absolute Gasteiger partial charge is 0.465 e. The molecule has 0 atom stereocenters. The first-order valence-electron chi connectivity index (χ1n) is 8.35. The van der Waals surface area contributed by atoms with E-state index < -0.39 is 0 Å². The first kappa shape index (κ1) is 15.0. The summed E-state index contributed by atoms with van der Waals surface area (Å²) >= 11 is 0. The van der Waals surface area contributed by atoms with Crippen molar-refractivity contribution in [2.75, 3.05) is 6.54 Å². The Morgan fingerprint density at radius 3 is 2.83 bits per heavy atom. The molecule has 0 radical (unpaired) electrons. The van der Waals surface area contributed by atoms with Crippen LogP contribution in [0.5, 0.6) is 0 Å². The predicted octanol–water partition coefficient (Wildman–Crippen LogP) is 4.04. The van der Waals surface area contributed by atoms with E-state index in [9.17, 15) is 0 Å². The molecular weight excluding hydrogens is 298 g/mol. The number of hydrogen-bond acceptors (Lipinski definition) is 3. The standard InChI is InChI=1S/C20H21N3O/c1-15-7-9-17(24-15)13-23-12-11-20-18(14-23)19(21-22-20)10-8-16-5-3-2-4-6-16/h2-10H,11-14H2,1H3,(H,21,22)/b10-8+. The van der Waals surface area contributed by atoms with Crippen LogP contribution >= 0.6 is 0 Å². The van der Waals surface area contributed by atoms with E-state index in [0.29, 0.717) is 0 Å². The SMILES string of the molecule is Cc1ccc(CN2CCc3[nH]nc(/C=C/c4ccccc4)c3C2)o1. The summed E-state index contributed by atoms with van der Waals surface area (Å²) in [7, 11) is 0. The van der Waals surface area contributed by atoms with E-state index in [2.05, 4.69) is 45.4 Å². The molecule has 2 aromatic heterocycles. The number of nitrogens with zero attached hydrogens (tertiary/aromatic N) is 2. The Bertz CT molecular complexity index is 845.